The van der Waals surface area contributed by atoms with Crippen LogP contribution in [0.1, 0.15) is 29.8 Å². The van der Waals surface area contributed by atoms with E-state index in [1.165, 1.54) is 0 Å². The monoisotopic (exact) mass is 208 g/mol. The minimum absolute atomic E-state index is 0.123. The molecule has 0 saturated heterocycles. The highest BCUT2D eigenvalue weighted by Crippen LogP contribution is 2.22. The van der Waals surface area contributed by atoms with E-state index in [0.29, 0.717) is 11.3 Å². The molecule has 0 amide bonds. The number of hydrogen-bond donors (Lipinski definition) is 0. The van der Waals surface area contributed by atoms with Gasteiger partial charge in [-0.3, -0.25) is 0 Å². The lowest BCUT2D eigenvalue weighted by Gasteiger charge is -2.12. The van der Waals surface area contributed by atoms with Crippen molar-refractivity contribution >= 4 is 5.97 Å². The second-order valence-electron chi connectivity index (χ2n) is 3.61. The van der Waals surface area contributed by atoms with Gasteiger partial charge in [-0.05, 0) is 32.4 Å². The first-order valence-corrected chi connectivity index (χ1v) is 4.91. The Balaban J connectivity index is 3.06. The number of hydrogen-bond acceptors (Lipinski definition) is 3. The zero-order valence-electron chi connectivity index (χ0n) is 9.53. The van der Waals surface area contributed by atoms with Crippen LogP contribution in [0.4, 0.5) is 0 Å². The van der Waals surface area contributed by atoms with Crippen LogP contribution in [0.5, 0.6) is 5.75 Å². The molecule has 0 fully saturated rings. The molecule has 0 spiro atoms. The van der Waals surface area contributed by atoms with Crippen LogP contribution >= 0.6 is 0 Å². The normalized spacial score (nSPS) is 10.2. The lowest BCUT2D eigenvalue weighted by atomic mass is 10.1. The van der Waals surface area contributed by atoms with Gasteiger partial charge in [0.2, 0.25) is 0 Å². The first-order chi connectivity index (χ1) is 7.06. The molecule has 15 heavy (non-hydrogen) atoms. The molecule has 0 aromatic heterocycles. The van der Waals surface area contributed by atoms with E-state index >= 15 is 0 Å². The highest BCUT2D eigenvalue weighted by molar-refractivity contribution is 5.94. The van der Waals surface area contributed by atoms with Crippen LogP contribution < -0.4 is 4.74 Å². The summed E-state index contributed by atoms with van der Waals surface area (Å²) in [6.45, 7) is 5.50. The summed E-state index contributed by atoms with van der Waals surface area (Å²) in [5, 5.41) is 0. The molecule has 3 nitrogen and oxygen atoms in total. The number of ether oxygens (including phenoxy) is 2. The summed E-state index contributed by atoms with van der Waals surface area (Å²) in [5.41, 5.74) is 1.37. The number of rotatable bonds is 3. The van der Waals surface area contributed by atoms with Crippen LogP contribution in [-0.2, 0) is 4.74 Å². The Hall–Kier alpha value is -1.51. The Morgan fingerprint density at radius 2 is 2.00 bits per heavy atom. The van der Waals surface area contributed by atoms with Gasteiger partial charge < -0.3 is 9.47 Å². The third kappa shape index (κ3) is 2.72. The van der Waals surface area contributed by atoms with E-state index in [9.17, 15) is 4.79 Å². The fourth-order valence-corrected chi connectivity index (χ4v) is 1.35. The average molecular weight is 208 g/mol. The SMILES string of the molecule is COc1cccc(C)c1C(=O)OC(C)C. The summed E-state index contributed by atoms with van der Waals surface area (Å²) in [4.78, 5) is 11.8. The maximum Gasteiger partial charge on any atom is 0.342 e. The van der Waals surface area contributed by atoms with Crippen LogP contribution in [0.3, 0.4) is 0 Å². The van der Waals surface area contributed by atoms with Crippen molar-refractivity contribution in [2.45, 2.75) is 26.9 Å². The highest BCUT2D eigenvalue weighted by atomic mass is 16.5. The lowest BCUT2D eigenvalue weighted by Crippen LogP contribution is -2.13. The molecule has 0 aliphatic rings. The van der Waals surface area contributed by atoms with E-state index in [2.05, 4.69) is 0 Å². The average Bonchev–Trinajstić information content (AvgIpc) is 2.15. The minimum Gasteiger partial charge on any atom is -0.496 e. The summed E-state index contributed by atoms with van der Waals surface area (Å²) < 4.78 is 10.3. The Labute approximate surface area is 90.0 Å². The fraction of sp³-hybridized carbons (Fsp3) is 0.417. The number of aryl methyl sites for hydroxylation is 1. The standard InChI is InChI=1S/C12H16O3/c1-8(2)15-12(13)11-9(3)6-5-7-10(11)14-4/h5-8H,1-4H3. The van der Waals surface area contributed by atoms with Crippen LogP contribution in [0.15, 0.2) is 18.2 Å². The summed E-state index contributed by atoms with van der Waals surface area (Å²) in [7, 11) is 1.54. The summed E-state index contributed by atoms with van der Waals surface area (Å²) in [5.74, 6) is 0.223. The molecule has 0 saturated carbocycles. The van der Waals surface area contributed by atoms with E-state index < -0.39 is 0 Å². The molecule has 1 rings (SSSR count). The molecular formula is C12H16O3. The number of carbonyl (C=O) groups excluding carboxylic acids is 1. The Morgan fingerprint density at radius 1 is 1.33 bits per heavy atom. The molecule has 3 heteroatoms. The highest BCUT2D eigenvalue weighted by Gasteiger charge is 2.17. The Bertz CT molecular complexity index is 356. The smallest absolute Gasteiger partial charge is 0.342 e. The van der Waals surface area contributed by atoms with Gasteiger partial charge in [0.25, 0.3) is 0 Å². The van der Waals surface area contributed by atoms with Crippen molar-refractivity contribution in [3.05, 3.63) is 29.3 Å². The van der Waals surface area contributed by atoms with Gasteiger partial charge in [0, 0.05) is 0 Å². The molecule has 0 aliphatic carbocycles. The van der Waals surface area contributed by atoms with E-state index in [0.717, 1.165) is 5.56 Å². The number of methoxy groups -OCH3 is 1. The van der Waals surface area contributed by atoms with Crippen LogP contribution in [0, 0.1) is 6.92 Å². The maximum absolute atomic E-state index is 11.8. The molecule has 0 N–H and O–H groups in total. The molecule has 0 bridgehead atoms. The zero-order chi connectivity index (χ0) is 11.4. The predicted octanol–water partition coefficient (Wildman–Crippen LogP) is 2.57. The van der Waals surface area contributed by atoms with Gasteiger partial charge in [-0.25, -0.2) is 4.79 Å². The fourth-order valence-electron chi connectivity index (χ4n) is 1.35. The number of benzene rings is 1. The molecule has 0 heterocycles. The van der Waals surface area contributed by atoms with Gasteiger partial charge in [0.05, 0.1) is 13.2 Å². The molecule has 82 valence electrons. The van der Waals surface area contributed by atoms with E-state index in [4.69, 9.17) is 9.47 Å². The van der Waals surface area contributed by atoms with Crippen molar-refractivity contribution < 1.29 is 14.3 Å². The minimum atomic E-state index is -0.333. The van der Waals surface area contributed by atoms with Crippen molar-refractivity contribution in [3.63, 3.8) is 0 Å². The molecule has 1 aromatic rings. The van der Waals surface area contributed by atoms with Gasteiger partial charge in [-0.1, -0.05) is 12.1 Å². The van der Waals surface area contributed by atoms with Crippen molar-refractivity contribution in [2.24, 2.45) is 0 Å². The molecule has 0 aliphatic heterocycles. The molecule has 0 radical (unpaired) electrons. The molecule has 0 atom stereocenters. The van der Waals surface area contributed by atoms with Gasteiger partial charge >= 0.3 is 5.97 Å². The number of carbonyl (C=O) groups is 1. The third-order valence-electron chi connectivity index (χ3n) is 2.00. The largest absolute Gasteiger partial charge is 0.496 e. The molecule has 1 aromatic carbocycles. The quantitative estimate of drug-likeness (QED) is 0.716. The van der Waals surface area contributed by atoms with Crippen molar-refractivity contribution in [3.8, 4) is 5.75 Å². The first kappa shape index (κ1) is 11.6. The second-order valence-corrected chi connectivity index (χ2v) is 3.61. The van der Waals surface area contributed by atoms with Crippen LogP contribution in [0.25, 0.3) is 0 Å². The predicted molar refractivity (Wildman–Crippen MR) is 58.3 cm³/mol. The van der Waals surface area contributed by atoms with Gasteiger partial charge in [-0.2, -0.15) is 0 Å². The Morgan fingerprint density at radius 3 is 2.53 bits per heavy atom. The van der Waals surface area contributed by atoms with E-state index in [-0.39, 0.29) is 12.1 Å². The lowest BCUT2D eigenvalue weighted by molar-refractivity contribution is 0.0373. The Kier molecular flexibility index (Phi) is 3.72. The number of esters is 1. The zero-order valence-corrected chi connectivity index (χ0v) is 9.53. The summed E-state index contributed by atoms with van der Waals surface area (Å²) in [6, 6.07) is 5.46. The van der Waals surface area contributed by atoms with E-state index in [1.807, 2.05) is 32.9 Å². The van der Waals surface area contributed by atoms with E-state index in [1.54, 1.807) is 13.2 Å². The van der Waals surface area contributed by atoms with Crippen LogP contribution in [0.2, 0.25) is 0 Å². The topological polar surface area (TPSA) is 35.5 Å². The second kappa shape index (κ2) is 4.82. The van der Waals surface area contributed by atoms with Gasteiger partial charge in [0.15, 0.2) is 0 Å². The van der Waals surface area contributed by atoms with Crippen LogP contribution in [-0.4, -0.2) is 19.2 Å². The van der Waals surface area contributed by atoms with Crippen molar-refractivity contribution in [2.75, 3.05) is 7.11 Å². The first-order valence-electron chi connectivity index (χ1n) is 4.91. The van der Waals surface area contributed by atoms with Crippen molar-refractivity contribution in [1.29, 1.82) is 0 Å². The summed E-state index contributed by atoms with van der Waals surface area (Å²) >= 11 is 0. The van der Waals surface area contributed by atoms with Crippen molar-refractivity contribution in [1.82, 2.24) is 0 Å². The molecule has 0 unspecified atom stereocenters. The third-order valence-corrected chi connectivity index (χ3v) is 2.00. The summed E-state index contributed by atoms with van der Waals surface area (Å²) in [6.07, 6.45) is -0.123. The molecular weight excluding hydrogens is 192 g/mol. The maximum atomic E-state index is 11.8. The van der Waals surface area contributed by atoms with Gasteiger partial charge in [-0.15, -0.1) is 0 Å². The van der Waals surface area contributed by atoms with Gasteiger partial charge in [0.1, 0.15) is 11.3 Å².